The van der Waals surface area contributed by atoms with Gasteiger partial charge in [0.05, 0.1) is 12.0 Å². The van der Waals surface area contributed by atoms with Gasteiger partial charge in [-0.25, -0.2) is 4.79 Å². The third-order valence-corrected chi connectivity index (χ3v) is 3.94. The van der Waals surface area contributed by atoms with E-state index in [1.807, 2.05) is 26.0 Å². The number of nitrogens with one attached hydrogen (secondary N) is 1. The quantitative estimate of drug-likeness (QED) is 0.856. The van der Waals surface area contributed by atoms with Gasteiger partial charge in [-0.15, -0.1) is 0 Å². The Hall–Kier alpha value is -2.62. The molecule has 0 aliphatic carbocycles. The summed E-state index contributed by atoms with van der Waals surface area (Å²) in [5.74, 6) is -1.04. The van der Waals surface area contributed by atoms with Crippen molar-refractivity contribution >= 4 is 11.9 Å². The number of rotatable bonds is 6. The third kappa shape index (κ3) is 4.95. The van der Waals surface area contributed by atoms with E-state index in [0.717, 1.165) is 12.0 Å². The molecule has 2 aromatic carbocycles. The molecule has 0 radical (unpaired) electrons. The Kier molecular flexibility index (Phi) is 5.39. The monoisotopic (exact) mass is 325 g/mol. The molecule has 0 aromatic heterocycles. The minimum absolute atomic E-state index is 0.0725. The number of aromatic carboxylic acids is 1. The van der Waals surface area contributed by atoms with Crippen LogP contribution in [0.3, 0.4) is 0 Å². The number of carboxylic acids is 1. The predicted octanol–water partition coefficient (Wildman–Crippen LogP) is 3.37. The summed E-state index contributed by atoms with van der Waals surface area (Å²) in [6, 6.07) is 14.5. The van der Waals surface area contributed by atoms with Crippen molar-refractivity contribution in [2.75, 3.05) is 0 Å². The van der Waals surface area contributed by atoms with E-state index < -0.39 is 5.97 Å². The fraction of sp³-hybridized carbons (Fsp3) is 0.300. The largest absolute Gasteiger partial charge is 0.478 e. The van der Waals surface area contributed by atoms with E-state index in [4.69, 9.17) is 5.11 Å². The van der Waals surface area contributed by atoms with Crippen molar-refractivity contribution in [1.29, 1.82) is 0 Å². The van der Waals surface area contributed by atoms with E-state index in [0.29, 0.717) is 0 Å². The lowest BCUT2D eigenvalue weighted by atomic mass is 9.92. The Labute approximate surface area is 142 Å². The van der Waals surface area contributed by atoms with Crippen molar-refractivity contribution in [2.24, 2.45) is 0 Å². The van der Waals surface area contributed by atoms with Gasteiger partial charge >= 0.3 is 5.97 Å². The van der Waals surface area contributed by atoms with E-state index >= 15 is 0 Å². The maximum absolute atomic E-state index is 12.3. The normalized spacial score (nSPS) is 11.1. The second-order valence-corrected chi connectivity index (χ2v) is 6.71. The Morgan fingerprint density at radius 1 is 1.04 bits per heavy atom. The molecule has 0 saturated heterocycles. The number of carbonyl (C=O) groups excluding carboxylic acids is 1. The molecule has 0 saturated carbocycles. The molecule has 4 nitrogen and oxygen atoms in total. The maximum Gasteiger partial charge on any atom is 0.335 e. The zero-order valence-corrected chi connectivity index (χ0v) is 14.3. The minimum Gasteiger partial charge on any atom is -0.478 e. The van der Waals surface area contributed by atoms with Crippen LogP contribution in [-0.2, 0) is 17.6 Å². The zero-order chi connectivity index (χ0) is 17.7. The van der Waals surface area contributed by atoms with E-state index in [2.05, 4.69) is 24.4 Å². The number of hydrogen-bond acceptors (Lipinski definition) is 2. The van der Waals surface area contributed by atoms with Crippen LogP contribution in [-0.4, -0.2) is 22.5 Å². The average molecular weight is 325 g/mol. The molecule has 126 valence electrons. The Balaban J connectivity index is 1.97. The van der Waals surface area contributed by atoms with Crippen LogP contribution in [0, 0.1) is 6.92 Å². The molecule has 2 N–H and O–H groups in total. The molecular formula is C20H23NO3. The first-order valence-electron chi connectivity index (χ1n) is 7.94. The van der Waals surface area contributed by atoms with Gasteiger partial charge in [-0.05, 0) is 56.0 Å². The Morgan fingerprint density at radius 2 is 1.67 bits per heavy atom. The van der Waals surface area contributed by atoms with E-state index in [1.165, 1.54) is 23.3 Å². The van der Waals surface area contributed by atoms with Crippen LogP contribution < -0.4 is 5.32 Å². The highest BCUT2D eigenvalue weighted by Crippen LogP contribution is 2.16. The van der Waals surface area contributed by atoms with Crippen molar-refractivity contribution in [3.63, 3.8) is 0 Å². The summed E-state index contributed by atoms with van der Waals surface area (Å²) in [5.41, 5.74) is 3.09. The fourth-order valence-electron chi connectivity index (χ4n) is 2.70. The predicted molar refractivity (Wildman–Crippen MR) is 94.2 cm³/mol. The zero-order valence-electron chi connectivity index (χ0n) is 14.3. The summed E-state index contributed by atoms with van der Waals surface area (Å²) >= 11 is 0. The van der Waals surface area contributed by atoms with E-state index in [-0.39, 0.29) is 23.4 Å². The average Bonchev–Trinajstić information content (AvgIpc) is 2.49. The molecule has 2 aromatic rings. The van der Waals surface area contributed by atoms with Gasteiger partial charge in [0, 0.05) is 5.54 Å². The summed E-state index contributed by atoms with van der Waals surface area (Å²) in [7, 11) is 0. The van der Waals surface area contributed by atoms with Gasteiger partial charge in [-0.1, -0.05) is 36.4 Å². The first-order chi connectivity index (χ1) is 11.3. The van der Waals surface area contributed by atoms with Crippen LogP contribution in [0.15, 0.2) is 48.5 Å². The maximum atomic E-state index is 12.3. The third-order valence-electron chi connectivity index (χ3n) is 3.94. The first kappa shape index (κ1) is 17.7. The van der Waals surface area contributed by atoms with Crippen LogP contribution in [0.2, 0.25) is 0 Å². The highest BCUT2D eigenvalue weighted by Gasteiger charge is 2.21. The van der Waals surface area contributed by atoms with Gasteiger partial charge in [-0.2, -0.15) is 0 Å². The van der Waals surface area contributed by atoms with Gasteiger partial charge in [0.25, 0.3) is 0 Å². The molecule has 0 unspecified atom stereocenters. The standard InChI is InChI=1S/C20H23NO3/c1-14-6-4-5-7-17(14)13-20(2,3)21-18(22)12-15-8-10-16(11-9-15)19(23)24/h4-11H,12-13H2,1-3H3,(H,21,22)(H,23,24). The van der Waals surface area contributed by atoms with Gasteiger partial charge in [0.2, 0.25) is 5.91 Å². The van der Waals surface area contributed by atoms with Gasteiger partial charge in [0.1, 0.15) is 0 Å². The highest BCUT2D eigenvalue weighted by atomic mass is 16.4. The summed E-state index contributed by atoms with van der Waals surface area (Å²) in [4.78, 5) is 23.1. The lowest BCUT2D eigenvalue weighted by molar-refractivity contribution is -0.122. The second-order valence-electron chi connectivity index (χ2n) is 6.71. The number of carboxylic acid groups (broad SMARTS) is 1. The topological polar surface area (TPSA) is 66.4 Å². The minimum atomic E-state index is -0.967. The van der Waals surface area contributed by atoms with Gasteiger partial charge in [0.15, 0.2) is 0 Å². The van der Waals surface area contributed by atoms with Crippen molar-refractivity contribution in [3.8, 4) is 0 Å². The molecule has 0 aliphatic rings. The van der Waals surface area contributed by atoms with Gasteiger partial charge < -0.3 is 10.4 Å². The molecular weight excluding hydrogens is 302 g/mol. The van der Waals surface area contributed by atoms with Crippen molar-refractivity contribution in [1.82, 2.24) is 5.32 Å². The van der Waals surface area contributed by atoms with E-state index in [9.17, 15) is 9.59 Å². The lowest BCUT2D eigenvalue weighted by Gasteiger charge is -2.27. The molecule has 0 spiro atoms. The molecule has 0 fully saturated rings. The van der Waals surface area contributed by atoms with Crippen LogP contribution in [0.4, 0.5) is 0 Å². The summed E-state index contributed by atoms with van der Waals surface area (Å²) in [6.07, 6.45) is 0.987. The molecule has 0 heterocycles. The van der Waals surface area contributed by atoms with Crippen molar-refractivity contribution in [2.45, 2.75) is 39.2 Å². The summed E-state index contributed by atoms with van der Waals surface area (Å²) in [6.45, 7) is 6.08. The SMILES string of the molecule is Cc1ccccc1CC(C)(C)NC(=O)Cc1ccc(C(=O)O)cc1. The Morgan fingerprint density at radius 3 is 2.25 bits per heavy atom. The Bertz CT molecular complexity index is 733. The highest BCUT2D eigenvalue weighted by molar-refractivity contribution is 5.87. The number of hydrogen-bond donors (Lipinski definition) is 2. The van der Waals surface area contributed by atoms with Crippen LogP contribution in [0.25, 0.3) is 0 Å². The van der Waals surface area contributed by atoms with Crippen molar-refractivity contribution < 1.29 is 14.7 Å². The molecule has 0 aliphatic heterocycles. The van der Waals surface area contributed by atoms with E-state index in [1.54, 1.807) is 12.1 Å². The number of carbonyl (C=O) groups is 2. The summed E-state index contributed by atoms with van der Waals surface area (Å²) < 4.78 is 0. The van der Waals surface area contributed by atoms with Gasteiger partial charge in [-0.3, -0.25) is 4.79 Å². The van der Waals surface area contributed by atoms with Crippen LogP contribution in [0.5, 0.6) is 0 Å². The molecule has 0 bridgehead atoms. The summed E-state index contributed by atoms with van der Waals surface area (Å²) in [5, 5.41) is 12.0. The molecule has 4 heteroatoms. The number of aryl methyl sites for hydroxylation is 1. The second kappa shape index (κ2) is 7.30. The smallest absolute Gasteiger partial charge is 0.335 e. The fourth-order valence-corrected chi connectivity index (χ4v) is 2.70. The molecule has 2 rings (SSSR count). The number of amides is 1. The van der Waals surface area contributed by atoms with Crippen LogP contribution in [0.1, 0.15) is 40.9 Å². The molecule has 24 heavy (non-hydrogen) atoms. The lowest BCUT2D eigenvalue weighted by Crippen LogP contribution is -2.45. The first-order valence-corrected chi connectivity index (χ1v) is 7.94. The van der Waals surface area contributed by atoms with Crippen LogP contribution >= 0.6 is 0 Å². The molecule has 1 amide bonds. The molecule has 0 atom stereocenters. The van der Waals surface area contributed by atoms with Crippen molar-refractivity contribution in [3.05, 3.63) is 70.8 Å². The number of benzene rings is 2.